The van der Waals surface area contributed by atoms with E-state index in [1.807, 2.05) is 18.2 Å². The minimum absolute atomic E-state index is 0.00561. The second-order valence-electron chi connectivity index (χ2n) is 7.75. The van der Waals surface area contributed by atoms with Crippen LogP contribution in [0.5, 0.6) is 0 Å². The molecule has 0 aliphatic heterocycles. The Hall–Kier alpha value is -1.35. The standard InChI is InChI=1S/C19H29NO2/c1-19(2,3)14-10-8-13(9-11-14)15-6-4-5-7-16(15)17(20)12-18(21)22/h4-7,13-14,17H,8-12,20H2,1-3H3,(H,21,22). The fourth-order valence-electron chi connectivity index (χ4n) is 3.79. The Balaban J connectivity index is 2.12. The summed E-state index contributed by atoms with van der Waals surface area (Å²) in [6.07, 6.45) is 4.85. The highest BCUT2D eigenvalue weighted by Crippen LogP contribution is 2.44. The molecule has 1 aromatic carbocycles. The van der Waals surface area contributed by atoms with Crippen molar-refractivity contribution in [2.45, 2.75) is 64.8 Å². The normalized spacial score (nSPS) is 24.0. The van der Waals surface area contributed by atoms with Gasteiger partial charge in [0, 0.05) is 6.04 Å². The summed E-state index contributed by atoms with van der Waals surface area (Å²) < 4.78 is 0. The molecule has 0 heterocycles. The summed E-state index contributed by atoms with van der Waals surface area (Å²) in [7, 11) is 0. The van der Waals surface area contributed by atoms with Crippen LogP contribution in [0.25, 0.3) is 0 Å². The fourth-order valence-corrected chi connectivity index (χ4v) is 3.79. The Labute approximate surface area is 133 Å². The monoisotopic (exact) mass is 303 g/mol. The lowest BCUT2D eigenvalue weighted by Crippen LogP contribution is -2.26. The summed E-state index contributed by atoms with van der Waals surface area (Å²) in [5.74, 6) is 0.469. The van der Waals surface area contributed by atoms with Crippen molar-refractivity contribution in [1.29, 1.82) is 0 Å². The topological polar surface area (TPSA) is 63.3 Å². The van der Waals surface area contributed by atoms with Crippen molar-refractivity contribution >= 4 is 5.97 Å². The molecule has 0 bridgehead atoms. The van der Waals surface area contributed by atoms with Crippen LogP contribution in [-0.4, -0.2) is 11.1 Å². The molecule has 1 unspecified atom stereocenters. The molecule has 1 fully saturated rings. The van der Waals surface area contributed by atoms with Crippen LogP contribution in [0, 0.1) is 11.3 Å². The lowest BCUT2D eigenvalue weighted by molar-refractivity contribution is -0.137. The van der Waals surface area contributed by atoms with Gasteiger partial charge in [-0.1, -0.05) is 45.0 Å². The zero-order chi connectivity index (χ0) is 16.3. The molecular weight excluding hydrogens is 274 g/mol. The van der Waals surface area contributed by atoms with Gasteiger partial charge in [0.2, 0.25) is 0 Å². The van der Waals surface area contributed by atoms with Crippen LogP contribution in [0.1, 0.15) is 76.0 Å². The minimum atomic E-state index is -0.834. The van der Waals surface area contributed by atoms with E-state index < -0.39 is 12.0 Å². The van der Waals surface area contributed by atoms with Crippen molar-refractivity contribution in [3.05, 3.63) is 35.4 Å². The van der Waals surface area contributed by atoms with Gasteiger partial charge in [0.05, 0.1) is 6.42 Å². The quantitative estimate of drug-likeness (QED) is 0.862. The van der Waals surface area contributed by atoms with Gasteiger partial charge in [-0.2, -0.15) is 0 Å². The predicted molar refractivity (Wildman–Crippen MR) is 89.8 cm³/mol. The first-order valence-electron chi connectivity index (χ1n) is 8.35. The first kappa shape index (κ1) is 17.0. The number of carboxylic acid groups (broad SMARTS) is 1. The number of hydrogen-bond donors (Lipinski definition) is 2. The Kier molecular flexibility index (Phi) is 5.28. The summed E-state index contributed by atoms with van der Waals surface area (Å²) in [4.78, 5) is 10.9. The number of benzene rings is 1. The van der Waals surface area contributed by atoms with E-state index in [1.54, 1.807) is 0 Å². The molecule has 3 N–H and O–H groups in total. The van der Waals surface area contributed by atoms with Crippen molar-refractivity contribution in [3.63, 3.8) is 0 Å². The van der Waals surface area contributed by atoms with Gasteiger partial charge in [-0.25, -0.2) is 0 Å². The van der Waals surface area contributed by atoms with Crippen LogP contribution in [0.4, 0.5) is 0 Å². The summed E-state index contributed by atoms with van der Waals surface area (Å²) >= 11 is 0. The van der Waals surface area contributed by atoms with E-state index in [4.69, 9.17) is 10.8 Å². The van der Waals surface area contributed by atoms with Crippen LogP contribution < -0.4 is 5.73 Å². The first-order chi connectivity index (χ1) is 10.3. The van der Waals surface area contributed by atoms with E-state index >= 15 is 0 Å². The van der Waals surface area contributed by atoms with Crippen LogP contribution in [0.2, 0.25) is 0 Å². The van der Waals surface area contributed by atoms with Gasteiger partial charge in [0.1, 0.15) is 0 Å². The van der Waals surface area contributed by atoms with E-state index in [0.29, 0.717) is 11.3 Å². The Morgan fingerprint density at radius 3 is 2.36 bits per heavy atom. The summed E-state index contributed by atoms with van der Waals surface area (Å²) in [6, 6.07) is 7.73. The molecule has 0 aromatic heterocycles. The molecule has 0 spiro atoms. The third-order valence-electron chi connectivity index (χ3n) is 5.18. The van der Waals surface area contributed by atoms with Crippen LogP contribution in [0.15, 0.2) is 24.3 Å². The number of hydrogen-bond acceptors (Lipinski definition) is 2. The van der Waals surface area contributed by atoms with E-state index in [-0.39, 0.29) is 6.42 Å². The fraction of sp³-hybridized carbons (Fsp3) is 0.632. The minimum Gasteiger partial charge on any atom is -0.481 e. The zero-order valence-electron chi connectivity index (χ0n) is 14.0. The first-order valence-corrected chi connectivity index (χ1v) is 8.35. The van der Waals surface area contributed by atoms with Crippen molar-refractivity contribution in [1.82, 2.24) is 0 Å². The zero-order valence-corrected chi connectivity index (χ0v) is 14.0. The van der Waals surface area contributed by atoms with Gasteiger partial charge >= 0.3 is 5.97 Å². The van der Waals surface area contributed by atoms with E-state index in [0.717, 1.165) is 11.5 Å². The highest BCUT2D eigenvalue weighted by Gasteiger charge is 2.31. The molecule has 1 aliphatic carbocycles. The maximum atomic E-state index is 10.9. The lowest BCUT2D eigenvalue weighted by Gasteiger charge is -2.37. The van der Waals surface area contributed by atoms with Gasteiger partial charge in [0.25, 0.3) is 0 Å². The highest BCUT2D eigenvalue weighted by molar-refractivity contribution is 5.68. The highest BCUT2D eigenvalue weighted by atomic mass is 16.4. The molecule has 122 valence electrons. The number of aliphatic carboxylic acids is 1. The maximum Gasteiger partial charge on any atom is 0.305 e. The number of carbonyl (C=O) groups is 1. The molecule has 3 heteroatoms. The molecule has 3 nitrogen and oxygen atoms in total. The maximum absolute atomic E-state index is 10.9. The molecule has 1 aromatic rings. The Morgan fingerprint density at radius 2 is 1.82 bits per heavy atom. The van der Waals surface area contributed by atoms with Crippen LogP contribution in [-0.2, 0) is 4.79 Å². The Morgan fingerprint density at radius 1 is 1.23 bits per heavy atom. The average molecular weight is 303 g/mol. The summed E-state index contributed by atoms with van der Waals surface area (Å²) in [5, 5.41) is 8.99. The van der Waals surface area contributed by atoms with Gasteiger partial charge in [-0.05, 0) is 54.1 Å². The smallest absolute Gasteiger partial charge is 0.305 e. The van der Waals surface area contributed by atoms with Crippen molar-refractivity contribution in [2.75, 3.05) is 0 Å². The molecule has 22 heavy (non-hydrogen) atoms. The van der Waals surface area contributed by atoms with Gasteiger partial charge in [-0.15, -0.1) is 0 Å². The summed E-state index contributed by atoms with van der Waals surface area (Å²) in [5.41, 5.74) is 8.78. The van der Waals surface area contributed by atoms with Gasteiger partial charge < -0.3 is 10.8 Å². The predicted octanol–water partition coefficient (Wildman–Crippen LogP) is 4.48. The number of nitrogens with two attached hydrogens (primary N) is 1. The van der Waals surface area contributed by atoms with Crippen molar-refractivity contribution in [3.8, 4) is 0 Å². The SMILES string of the molecule is CC(C)(C)C1CCC(c2ccccc2C(N)CC(=O)O)CC1. The van der Waals surface area contributed by atoms with E-state index in [9.17, 15) is 4.79 Å². The second-order valence-corrected chi connectivity index (χ2v) is 7.75. The van der Waals surface area contributed by atoms with Crippen molar-refractivity contribution in [2.24, 2.45) is 17.1 Å². The molecular formula is C19H29NO2. The third kappa shape index (κ3) is 4.10. The molecule has 1 aliphatic rings. The van der Waals surface area contributed by atoms with E-state index in [2.05, 4.69) is 26.8 Å². The number of carboxylic acids is 1. The largest absolute Gasteiger partial charge is 0.481 e. The van der Waals surface area contributed by atoms with E-state index in [1.165, 1.54) is 31.2 Å². The molecule has 0 amide bonds. The molecule has 1 atom stereocenters. The number of rotatable bonds is 4. The molecule has 0 saturated heterocycles. The van der Waals surface area contributed by atoms with Crippen molar-refractivity contribution < 1.29 is 9.90 Å². The average Bonchev–Trinajstić information content (AvgIpc) is 2.46. The van der Waals surface area contributed by atoms with Gasteiger partial charge in [-0.3, -0.25) is 4.79 Å². The molecule has 0 radical (unpaired) electrons. The Bertz CT molecular complexity index is 510. The van der Waals surface area contributed by atoms with Crippen LogP contribution in [0.3, 0.4) is 0 Å². The second kappa shape index (κ2) is 6.82. The van der Waals surface area contributed by atoms with Gasteiger partial charge in [0.15, 0.2) is 0 Å². The summed E-state index contributed by atoms with van der Waals surface area (Å²) in [6.45, 7) is 6.98. The molecule has 2 rings (SSSR count). The van der Waals surface area contributed by atoms with Crippen LogP contribution >= 0.6 is 0 Å². The third-order valence-corrected chi connectivity index (χ3v) is 5.18. The molecule has 1 saturated carbocycles. The lowest BCUT2D eigenvalue weighted by atomic mass is 9.68.